The van der Waals surface area contributed by atoms with E-state index < -0.39 is 29.3 Å². The predicted octanol–water partition coefficient (Wildman–Crippen LogP) is 7.12. The van der Waals surface area contributed by atoms with Gasteiger partial charge in [0.25, 0.3) is 0 Å². The molecule has 0 saturated carbocycles. The van der Waals surface area contributed by atoms with Crippen LogP contribution in [0.4, 0.5) is 26.3 Å². The van der Waals surface area contributed by atoms with Crippen LogP contribution in [-0.4, -0.2) is 12.8 Å². The molecule has 2 nitrogen and oxygen atoms in total. The van der Waals surface area contributed by atoms with E-state index >= 15 is 0 Å². The minimum atomic E-state index is -4.57. The zero-order valence-electron chi connectivity index (χ0n) is 16.9. The quantitative estimate of drug-likeness (QED) is 0.320. The second kappa shape index (κ2) is 8.30. The van der Waals surface area contributed by atoms with Crippen LogP contribution in [0.5, 0.6) is 0 Å². The number of alkyl halides is 6. The smallest absolute Gasteiger partial charge is 0.382 e. The zero-order valence-corrected chi connectivity index (χ0v) is 17.8. The number of allylic oxidation sites excluding steroid dienone is 2. The summed E-state index contributed by atoms with van der Waals surface area (Å²) in [6.07, 6.45) is -7.62. The molecular formula is C24H15F6NOS. The summed E-state index contributed by atoms with van der Waals surface area (Å²) >= 11 is 1.02. The highest BCUT2D eigenvalue weighted by Gasteiger charge is 2.34. The van der Waals surface area contributed by atoms with Crippen LogP contribution in [0.2, 0.25) is 0 Å². The first kappa shape index (κ1) is 23.0. The molecule has 0 spiro atoms. The highest BCUT2D eigenvalue weighted by Crippen LogP contribution is 2.44. The van der Waals surface area contributed by atoms with E-state index in [0.29, 0.717) is 21.4 Å². The van der Waals surface area contributed by atoms with Gasteiger partial charge in [0.1, 0.15) is 0 Å². The van der Waals surface area contributed by atoms with Gasteiger partial charge in [-0.15, -0.1) is 0 Å². The molecule has 1 aliphatic heterocycles. The van der Waals surface area contributed by atoms with E-state index in [1.165, 1.54) is 24.3 Å². The number of halogens is 6. The Morgan fingerprint density at radius 1 is 0.848 bits per heavy atom. The third-order valence-corrected chi connectivity index (χ3v) is 6.26. The van der Waals surface area contributed by atoms with Crippen LogP contribution >= 0.6 is 11.8 Å². The van der Waals surface area contributed by atoms with Crippen molar-refractivity contribution in [3.8, 4) is 0 Å². The number of thioether (sulfide) groups is 1. The summed E-state index contributed by atoms with van der Waals surface area (Å²) in [4.78, 5) is 13.3. The largest absolute Gasteiger partial charge is 0.416 e. The van der Waals surface area contributed by atoms with Crippen molar-refractivity contribution in [2.24, 2.45) is 0 Å². The van der Waals surface area contributed by atoms with Gasteiger partial charge in [-0.3, -0.25) is 4.79 Å². The van der Waals surface area contributed by atoms with Crippen molar-refractivity contribution in [3.05, 3.63) is 92.9 Å². The molecule has 3 aromatic carbocycles. The Balaban J connectivity index is 1.78. The summed E-state index contributed by atoms with van der Waals surface area (Å²) in [5.74, 6) is -0.507. The summed E-state index contributed by atoms with van der Waals surface area (Å²) in [5.41, 5.74) is -1.12. The molecule has 1 aliphatic rings. The predicted molar refractivity (Wildman–Crippen MR) is 117 cm³/mol. The van der Waals surface area contributed by atoms with E-state index in [1.54, 1.807) is 25.2 Å². The van der Waals surface area contributed by atoms with Gasteiger partial charge < -0.3 is 5.32 Å². The van der Waals surface area contributed by atoms with Crippen molar-refractivity contribution < 1.29 is 31.1 Å². The molecule has 0 fully saturated rings. The second-order valence-corrected chi connectivity index (χ2v) is 8.31. The van der Waals surface area contributed by atoms with Crippen LogP contribution < -0.4 is 5.32 Å². The number of fused-ring (bicyclic) bond motifs is 1. The lowest BCUT2D eigenvalue weighted by atomic mass is 9.98. The molecule has 33 heavy (non-hydrogen) atoms. The SMILES string of the molecule is CNC1=C(c2cccc(C(F)(F)F)c2)C(=O)C(=Cc2cccc3ccc(C(F)(F)F)cc23)S1. The number of Topliss-reactive ketones (excluding diaryl/α,β-unsaturated/α-hetero) is 1. The van der Waals surface area contributed by atoms with E-state index in [0.717, 1.165) is 36.0 Å². The van der Waals surface area contributed by atoms with Crippen LogP contribution in [0.25, 0.3) is 22.4 Å². The molecule has 0 amide bonds. The Kier molecular flexibility index (Phi) is 5.78. The first-order valence-corrected chi connectivity index (χ1v) is 10.4. The third kappa shape index (κ3) is 4.50. The van der Waals surface area contributed by atoms with Crippen LogP contribution in [0.1, 0.15) is 22.3 Å². The minimum absolute atomic E-state index is 0.0797. The third-order valence-electron chi connectivity index (χ3n) is 5.13. The number of hydrogen-bond donors (Lipinski definition) is 1. The zero-order chi connectivity index (χ0) is 24.0. The summed E-state index contributed by atoms with van der Waals surface area (Å²) < 4.78 is 79.0. The number of benzene rings is 3. The fourth-order valence-electron chi connectivity index (χ4n) is 3.56. The van der Waals surface area contributed by atoms with Crippen molar-refractivity contribution in [2.75, 3.05) is 7.05 Å². The molecule has 170 valence electrons. The molecule has 0 aliphatic carbocycles. The van der Waals surface area contributed by atoms with E-state index in [1.807, 2.05) is 0 Å². The van der Waals surface area contributed by atoms with Gasteiger partial charge in [-0.1, -0.05) is 48.2 Å². The Hall–Kier alpha value is -3.20. The molecule has 9 heteroatoms. The van der Waals surface area contributed by atoms with Crippen molar-refractivity contribution in [1.82, 2.24) is 5.32 Å². The maximum Gasteiger partial charge on any atom is 0.416 e. The number of nitrogens with one attached hydrogen (secondary N) is 1. The van der Waals surface area contributed by atoms with E-state index in [9.17, 15) is 31.1 Å². The average molecular weight is 479 g/mol. The number of carbonyl (C=O) groups is 1. The Labute approximate surface area is 189 Å². The molecule has 0 saturated heterocycles. The van der Waals surface area contributed by atoms with Crippen LogP contribution in [0.15, 0.2) is 70.6 Å². The molecule has 1 heterocycles. The first-order valence-electron chi connectivity index (χ1n) is 9.63. The van der Waals surface area contributed by atoms with Crippen LogP contribution in [0.3, 0.4) is 0 Å². The molecule has 0 radical (unpaired) electrons. The Bertz CT molecular complexity index is 1320. The molecule has 1 N–H and O–H groups in total. The van der Waals surface area contributed by atoms with Gasteiger partial charge in [0, 0.05) is 7.05 Å². The number of ketones is 1. The molecule has 0 bridgehead atoms. The lowest BCUT2D eigenvalue weighted by Crippen LogP contribution is -2.08. The van der Waals surface area contributed by atoms with E-state index in [4.69, 9.17) is 0 Å². The summed E-state index contributed by atoms with van der Waals surface area (Å²) in [6, 6.07) is 12.7. The molecule has 4 rings (SSSR count). The Morgan fingerprint density at radius 3 is 2.18 bits per heavy atom. The van der Waals surface area contributed by atoms with Gasteiger partial charge in [-0.25, -0.2) is 0 Å². The van der Waals surface area contributed by atoms with Gasteiger partial charge in [0.15, 0.2) is 0 Å². The minimum Gasteiger partial charge on any atom is -0.382 e. The monoisotopic (exact) mass is 479 g/mol. The van der Waals surface area contributed by atoms with Crippen molar-refractivity contribution in [3.63, 3.8) is 0 Å². The normalized spacial score (nSPS) is 16.2. The molecular weight excluding hydrogens is 464 g/mol. The maximum atomic E-state index is 13.2. The lowest BCUT2D eigenvalue weighted by molar-refractivity contribution is -0.138. The molecule has 3 aromatic rings. The average Bonchev–Trinajstić information content (AvgIpc) is 3.07. The van der Waals surface area contributed by atoms with Gasteiger partial charge in [0.2, 0.25) is 5.78 Å². The summed E-state index contributed by atoms with van der Waals surface area (Å²) in [6.45, 7) is 0. The lowest BCUT2D eigenvalue weighted by Gasteiger charge is -2.10. The van der Waals surface area contributed by atoms with Crippen LogP contribution in [-0.2, 0) is 17.1 Å². The fourth-order valence-corrected chi connectivity index (χ4v) is 4.57. The van der Waals surface area contributed by atoms with Crippen molar-refractivity contribution in [2.45, 2.75) is 12.4 Å². The summed E-state index contributed by atoms with van der Waals surface area (Å²) in [5, 5.41) is 4.07. The van der Waals surface area contributed by atoms with Gasteiger partial charge >= 0.3 is 12.4 Å². The second-order valence-electron chi connectivity index (χ2n) is 7.25. The fraction of sp³-hybridized carbons (Fsp3) is 0.125. The Morgan fingerprint density at radius 2 is 1.52 bits per heavy atom. The number of rotatable bonds is 3. The van der Waals surface area contributed by atoms with Gasteiger partial charge in [-0.2, -0.15) is 26.3 Å². The molecule has 0 unspecified atom stereocenters. The highest BCUT2D eigenvalue weighted by atomic mass is 32.2. The van der Waals surface area contributed by atoms with Crippen molar-refractivity contribution >= 4 is 40.0 Å². The summed E-state index contributed by atoms with van der Waals surface area (Å²) in [7, 11) is 1.54. The topological polar surface area (TPSA) is 29.1 Å². The van der Waals surface area contributed by atoms with Gasteiger partial charge in [0.05, 0.1) is 26.6 Å². The highest BCUT2D eigenvalue weighted by molar-refractivity contribution is 8.08. The molecule has 0 atom stereocenters. The van der Waals surface area contributed by atoms with E-state index in [-0.39, 0.29) is 16.0 Å². The van der Waals surface area contributed by atoms with Crippen LogP contribution in [0, 0.1) is 0 Å². The first-order chi connectivity index (χ1) is 15.5. The van der Waals surface area contributed by atoms with Crippen molar-refractivity contribution in [1.29, 1.82) is 0 Å². The maximum absolute atomic E-state index is 13.2. The number of hydrogen-bond acceptors (Lipinski definition) is 3. The number of carbonyl (C=O) groups excluding carboxylic acids is 1. The van der Waals surface area contributed by atoms with Gasteiger partial charge in [-0.05, 0) is 52.2 Å². The van der Waals surface area contributed by atoms with E-state index in [2.05, 4.69) is 5.32 Å². The standard InChI is InChI=1S/C24H15F6NOS/c1-31-22-20(15-6-3-7-16(10-15)23(25,26)27)21(32)19(33-22)11-14-5-2-4-13-8-9-17(12-18(13)14)24(28,29)30/h2-12,31H,1H3. The molecule has 0 aromatic heterocycles.